The number of benzene rings is 1. The Morgan fingerprint density at radius 2 is 2.22 bits per heavy atom. The van der Waals surface area contributed by atoms with Gasteiger partial charge in [0.25, 0.3) is 0 Å². The molecule has 3 nitrogen and oxygen atoms in total. The van der Waals surface area contributed by atoms with E-state index in [1.807, 2.05) is 0 Å². The van der Waals surface area contributed by atoms with Crippen molar-refractivity contribution in [3.05, 3.63) is 35.5 Å². The zero-order chi connectivity index (χ0) is 12.5. The summed E-state index contributed by atoms with van der Waals surface area (Å²) in [7, 11) is 0. The first-order valence-electron chi connectivity index (χ1n) is 6.73. The van der Waals surface area contributed by atoms with E-state index in [1.54, 1.807) is 0 Å². The minimum Gasteiger partial charge on any atom is -0.396 e. The van der Waals surface area contributed by atoms with Gasteiger partial charge in [-0.25, -0.2) is 0 Å². The van der Waals surface area contributed by atoms with Crippen molar-refractivity contribution in [2.45, 2.75) is 32.4 Å². The number of fused-ring (bicyclic) bond motifs is 3. The second-order valence-electron chi connectivity index (χ2n) is 5.23. The van der Waals surface area contributed by atoms with Crippen LogP contribution in [0.4, 0.5) is 0 Å². The van der Waals surface area contributed by atoms with Gasteiger partial charge < -0.3 is 10.1 Å². The van der Waals surface area contributed by atoms with Gasteiger partial charge in [-0.2, -0.15) is 0 Å². The molecule has 96 valence electrons. The minimum absolute atomic E-state index is 0.281. The van der Waals surface area contributed by atoms with E-state index in [0.717, 1.165) is 25.9 Å². The summed E-state index contributed by atoms with van der Waals surface area (Å²) in [6.45, 7) is 4.52. The van der Waals surface area contributed by atoms with Crippen LogP contribution in [0.1, 0.15) is 24.6 Å². The Hall–Kier alpha value is -1.32. The normalized spacial score (nSPS) is 20.2. The fourth-order valence-corrected chi connectivity index (χ4v) is 2.98. The Balaban J connectivity index is 1.92. The molecule has 0 aliphatic carbocycles. The smallest absolute Gasteiger partial charge is 0.0459 e. The molecule has 1 aromatic heterocycles. The Kier molecular flexibility index (Phi) is 3.10. The summed E-state index contributed by atoms with van der Waals surface area (Å²) in [5, 5.41) is 10.3. The van der Waals surface area contributed by atoms with E-state index in [4.69, 9.17) is 5.11 Å². The van der Waals surface area contributed by atoms with E-state index >= 15 is 0 Å². The third-order valence-electron chi connectivity index (χ3n) is 3.99. The van der Waals surface area contributed by atoms with Crippen molar-refractivity contribution in [3.63, 3.8) is 0 Å². The zero-order valence-electron chi connectivity index (χ0n) is 10.8. The van der Waals surface area contributed by atoms with Crippen LogP contribution in [0.25, 0.3) is 10.9 Å². The van der Waals surface area contributed by atoms with E-state index in [1.165, 1.54) is 22.2 Å². The number of nitrogens with one attached hydrogen (secondary N) is 1. The maximum atomic E-state index is 8.96. The van der Waals surface area contributed by atoms with E-state index in [2.05, 4.69) is 41.1 Å². The standard InChI is InChI=1S/C15H20N2O/c1-11-9-13-12-5-2-3-6-14(12)16-15(13)10-17(11)7-4-8-18/h2-3,5-6,11,16,18H,4,7-10H2,1H3/t11-/m1/s1. The van der Waals surface area contributed by atoms with Gasteiger partial charge in [0.1, 0.15) is 0 Å². The molecule has 1 aromatic carbocycles. The third-order valence-corrected chi connectivity index (χ3v) is 3.99. The van der Waals surface area contributed by atoms with Crippen LogP contribution in [0.15, 0.2) is 24.3 Å². The lowest BCUT2D eigenvalue weighted by atomic mass is 9.97. The van der Waals surface area contributed by atoms with Crippen LogP contribution in [0, 0.1) is 0 Å². The molecule has 1 aliphatic rings. The number of aromatic amines is 1. The molecule has 1 aliphatic heterocycles. The van der Waals surface area contributed by atoms with Gasteiger partial charge >= 0.3 is 0 Å². The molecule has 18 heavy (non-hydrogen) atoms. The average molecular weight is 244 g/mol. The number of H-pyrrole nitrogens is 1. The predicted molar refractivity (Wildman–Crippen MR) is 73.6 cm³/mol. The highest BCUT2D eigenvalue weighted by Gasteiger charge is 2.25. The van der Waals surface area contributed by atoms with Crippen molar-refractivity contribution >= 4 is 10.9 Å². The summed E-state index contributed by atoms with van der Waals surface area (Å²) in [4.78, 5) is 5.99. The van der Waals surface area contributed by atoms with Crippen LogP contribution in [-0.4, -0.2) is 34.2 Å². The Bertz CT molecular complexity index is 546. The maximum absolute atomic E-state index is 8.96. The molecule has 0 unspecified atom stereocenters. The number of rotatable bonds is 3. The molecule has 1 atom stereocenters. The van der Waals surface area contributed by atoms with Gasteiger partial charge in [-0.3, -0.25) is 4.90 Å². The number of aliphatic hydroxyl groups excluding tert-OH is 1. The van der Waals surface area contributed by atoms with Crippen molar-refractivity contribution in [1.82, 2.24) is 9.88 Å². The Morgan fingerprint density at radius 1 is 1.39 bits per heavy atom. The van der Waals surface area contributed by atoms with E-state index < -0.39 is 0 Å². The highest BCUT2D eigenvalue weighted by molar-refractivity contribution is 5.84. The summed E-state index contributed by atoms with van der Waals surface area (Å²) >= 11 is 0. The van der Waals surface area contributed by atoms with Gasteiger partial charge in [0, 0.05) is 42.3 Å². The molecule has 0 bridgehead atoms. The molecule has 0 fully saturated rings. The van der Waals surface area contributed by atoms with Crippen molar-refractivity contribution in [2.75, 3.05) is 13.2 Å². The van der Waals surface area contributed by atoms with Gasteiger partial charge in [0.15, 0.2) is 0 Å². The molecule has 0 saturated carbocycles. The summed E-state index contributed by atoms with van der Waals surface area (Å²) in [5.74, 6) is 0. The van der Waals surface area contributed by atoms with E-state index in [0.29, 0.717) is 6.04 Å². The van der Waals surface area contributed by atoms with Crippen LogP contribution in [0.5, 0.6) is 0 Å². The topological polar surface area (TPSA) is 39.3 Å². The molecule has 0 radical (unpaired) electrons. The molecule has 2 N–H and O–H groups in total. The minimum atomic E-state index is 0.281. The van der Waals surface area contributed by atoms with Crippen molar-refractivity contribution < 1.29 is 5.11 Å². The molecule has 3 rings (SSSR count). The van der Waals surface area contributed by atoms with Gasteiger partial charge in [0.05, 0.1) is 0 Å². The number of hydrogen-bond donors (Lipinski definition) is 2. The van der Waals surface area contributed by atoms with Crippen LogP contribution < -0.4 is 0 Å². The van der Waals surface area contributed by atoms with Gasteiger partial charge in [0.2, 0.25) is 0 Å². The third kappa shape index (κ3) is 1.93. The highest BCUT2D eigenvalue weighted by Crippen LogP contribution is 2.29. The zero-order valence-corrected chi connectivity index (χ0v) is 10.8. The second kappa shape index (κ2) is 4.75. The second-order valence-corrected chi connectivity index (χ2v) is 5.23. The van der Waals surface area contributed by atoms with Gasteiger partial charge in [-0.05, 0) is 31.4 Å². The summed E-state index contributed by atoms with van der Waals surface area (Å²) in [6, 6.07) is 9.11. The first-order valence-corrected chi connectivity index (χ1v) is 6.73. The largest absolute Gasteiger partial charge is 0.396 e. The lowest BCUT2D eigenvalue weighted by Crippen LogP contribution is -2.39. The van der Waals surface area contributed by atoms with E-state index in [9.17, 15) is 0 Å². The Morgan fingerprint density at radius 3 is 3.06 bits per heavy atom. The highest BCUT2D eigenvalue weighted by atomic mass is 16.3. The molecule has 2 aromatic rings. The first kappa shape index (κ1) is 11.8. The SMILES string of the molecule is C[C@@H]1Cc2c([nH]c3ccccc23)CN1CCCO. The van der Waals surface area contributed by atoms with Crippen molar-refractivity contribution in [2.24, 2.45) is 0 Å². The quantitative estimate of drug-likeness (QED) is 0.869. The molecular weight excluding hydrogens is 224 g/mol. The lowest BCUT2D eigenvalue weighted by Gasteiger charge is -2.33. The molecule has 0 saturated heterocycles. The molecule has 3 heteroatoms. The van der Waals surface area contributed by atoms with E-state index in [-0.39, 0.29) is 6.61 Å². The van der Waals surface area contributed by atoms with Crippen LogP contribution in [-0.2, 0) is 13.0 Å². The van der Waals surface area contributed by atoms with Crippen LogP contribution in [0.3, 0.4) is 0 Å². The molecule has 0 amide bonds. The Labute approximate surface area is 107 Å². The fourth-order valence-electron chi connectivity index (χ4n) is 2.98. The van der Waals surface area contributed by atoms with Gasteiger partial charge in [-0.1, -0.05) is 18.2 Å². The first-order chi connectivity index (χ1) is 8.79. The molecular formula is C15H20N2O. The summed E-state index contributed by atoms with van der Waals surface area (Å²) in [6.07, 6.45) is 1.96. The number of aromatic nitrogens is 1. The fraction of sp³-hybridized carbons (Fsp3) is 0.467. The van der Waals surface area contributed by atoms with Crippen LogP contribution >= 0.6 is 0 Å². The summed E-state index contributed by atoms with van der Waals surface area (Å²) in [5.41, 5.74) is 4.09. The van der Waals surface area contributed by atoms with Crippen molar-refractivity contribution in [3.8, 4) is 0 Å². The number of aliphatic hydroxyl groups is 1. The predicted octanol–water partition coefficient (Wildman–Crippen LogP) is 2.30. The number of hydrogen-bond acceptors (Lipinski definition) is 2. The average Bonchev–Trinajstić information content (AvgIpc) is 2.74. The van der Waals surface area contributed by atoms with Crippen LogP contribution in [0.2, 0.25) is 0 Å². The molecule has 2 heterocycles. The van der Waals surface area contributed by atoms with Gasteiger partial charge in [-0.15, -0.1) is 0 Å². The number of para-hydroxylation sites is 1. The maximum Gasteiger partial charge on any atom is 0.0459 e. The monoisotopic (exact) mass is 244 g/mol. The summed E-state index contributed by atoms with van der Waals surface area (Å²) < 4.78 is 0. The number of nitrogens with zero attached hydrogens (tertiary/aromatic N) is 1. The molecule has 0 spiro atoms. The lowest BCUT2D eigenvalue weighted by molar-refractivity contribution is 0.162. The van der Waals surface area contributed by atoms with Crippen molar-refractivity contribution in [1.29, 1.82) is 0 Å².